The molecule has 5 heteroatoms. The molecule has 1 fully saturated rings. The molecule has 0 bridgehead atoms. The van der Waals surface area contributed by atoms with Crippen molar-refractivity contribution in [2.75, 3.05) is 13.2 Å². The topological polar surface area (TPSA) is 57.7 Å². The highest BCUT2D eigenvalue weighted by Crippen LogP contribution is 2.14. The first kappa shape index (κ1) is 14.9. The Morgan fingerprint density at radius 1 is 1.50 bits per heavy atom. The van der Waals surface area contributed by atoms with Gasteiger partial charge in [-0.3, -0.25) is 4.98 Å². The Morgan fingerprint density at radius 2 is 2.35 bits per heavy atom. The molecule has 0 spiro atoms. The van der Waals surface area contributed by atoms with Crippen LogP contribution < -0.4 is 4.74 Å². The molecule has 2 atom stereocenters. The van der Waals surface area contributed by atoms with Gasteiger partial charge >= 0.3 is 5.97 Å². The zero-order valence-electron chi connectivity index (χ0n) is 12.0. The minimum Gasteiger partial charge on any atom is -0.423 e. The van der Waals surface area contributed by atoms with Crippen molar-refractivity contribution < 1.29 is 19.0 Å². The van der Waals surface area contributed by atoms with Crippen molar-refractivity contribution >= 4 is 5.97 Å². The first-order valence-electron chi connectivity index (χ1n) is 7.02. The molecule has 0 aliphatic carbocycles. The molecule has 0 saturated carbocycles. The van der Waals surface area contributed by atoms with Gasteiger partial charge in [-0.15, -0.1) is 0 Å². The number of hydrogen-bond acceptors (Lipinski definition) is 5. The summed E-state index contributed by atoms with van der Waals surface area (Å²) in [4.78, 5) is 15.9. The minimum absolute atomic E-state index is 0.0973. The van der Waals surface area contributed by atoms with Crippen LogP contribution in [0.3, 0.4) is 0 Å². The van der Waals surface area contributed by atoms with Crippen LogP contribution >= 0.6 is 0 Å². The predicted octanol–water partition coefficient (Wildman–Crippen LogP) is 2.27. The van der Waals surface area contributed by atoms with Crippen LogP contribution in [-0.4, -0.2) is 36.4 Å². The van der Waals surface area contributed by atoms with E-state index in [1.165, 1.54) is 6.20 Å². The third-order valence-electron chi connectivity index (χ3n) is 3.24. The van der Waals surface area contributed by atoms with Gasteiger partial charge in [0.2, 0.25) is 0 Å². The van der Waals surface area contributed by atoms with Crippen LogP contribution in [0.1, 0.15) is 31.9 Å². The molecule has 20 heavy (non-hydrogen) atoms. The number of aromatic nitrogens is 1. The number of carbonyl (C=O) groups is 1. The Morgan fingerprint density at radius 3 is 3.00 bits per heavy atom. The average Bonchev–Trinajstić information content (AvgIpc) is 2.48. The van der Waals surface area contributed by atoms with Gasteiger partial charge in [0.15, 0.2) is 6.10 Å². The second-order valence-electron chi connectivity index (χ2n) is 5.02. The van der Waals surface area contributed by atoms with Gasteiger partial charge in [0, 0.05) is 12.3 Å². The molecule has 0 aromatic carbocycles. The summed E-state index contributed by atoms with van der Waals surface area (Å²) in [5.41, 5.74) is 0.878. The van der Waals surface area contributed by atoms with Crippen molar-refractivity contribution in [3.8, 4) is 5.75 Å². The lowest BCUT2D eigenvalue weighted by atomic mass is 10.1. The monoisotopic (exact) mass is 279 g/mol. The maximum atomic E-state index is 11.9. The predicted molar refractivity (Wildman–Crippen MR) is 73.6 cm³/mol. The number of ether oxygens (including phenoxy) is 3. The third kappa shape index (κ3) is 4.58. The van der Waals surface area contributed by atoms with Crippen LogP contribution in [-0.2, 0) is 14.3 Å². The Hall–Kier alpha value is -1.46. The van der Waals surface area contributed by atoms with Crippen LogP contribution in [0.25, 0.3) is 0 Å². The molecule has 2 unspecified atom stereocenters. The number of hydrogen-bond donors (Lipinski definition) is 0. The summed E-state index contributed by atoms with van der Waals surface area (Å²) in [6, 6.07) is 3.52. The number of esters is 1. The van der Waals surface area contributed by atoms with E-state index < -0.39 is 12.1 Å². The standard InChI is InChI=1S/C15H21NO4/c1-11-6-7-13(9-16-11)20-15(17)12(2)19-10-14-5-3-4-8-18-14/h6-7,9,12,14H,3-5,8,10H2,1-2H3. The van der Waals surface area contributed by atoms with E-state index in [9.17, 15) is 4.79 Å². The fraction of sp³-hybridized carbons (Fsp3) is 0.600. The van der Waals surface area contributed by atoms with E-state index in [0.29, 0.717) is 12.4 Å². The van der Waals surface area contributed by atoms with Crippen LogP contribution in [0.5, 0.6) is 5.75 Å². The summed E-state index contributed by atoms with van der Waals surface area (Å²) >= 11 is 0. The van der Waals surface area contributed by atoms with Crippen molar-refractivity contribution in [1.29, 1.82) is 0 Å². The fourth-order valence-electron chi connectivity index (χ4n) is 1.97. The van der Waals surface area contributed by atoms with Crippen molar-refractivity contribution in [3.05, 3.63) is 24.0 Å². The summed E-state index contributed by atoms with van der Waals surface area (Å²) in [6.45, 7) is 4.78. The molecule has 0 radical (unpaired) electrons. The van der Waals surface area contributed by atoms with E-state index in [-0.39, 0.29) is 6.10 Å². The van der Waals surface area contributed by atoms with Crippen molar-refractivity contribution in [1.82, 2.24) is 4.98 Å². The molecule has 1 aliphatic rings. The smallest absolute Gasteiger partial charge is 0.340 e. The van der Waals surface area contributed by atoms with Crippen LogP contribution in [0, 0.1) is 6.92 Å². The summed E-state index contributed by atoms with van der Waals surface area (Å²) in [5, 5.41) is 0. The number of pyridine rings is 1. The van der Waals surface area contributed by atoms with Gasteiger partial charge in [-0.05, 0) is 45.2 Å². The number of aryl methyl sites for hydroxylation is 1. The summed E-state index contributed by atoms with van der Waals surface area (Å²) in [7, 11) is 0. The number of nitrogens with zero attached hydrogens (tertiary/aromatic N) is 1. The molecule has 1 aliphatic heterocycles. The van der Waals surface area contributed by atoms with Crippen LogP contribution in [0.4, 0.5) is 0 Å². The van der Waals surface area contributed by atoms with E-state index in [1.54, 1.807) is 19.1 Å². The highest BCUT2D eigenvalue weighted by atomic mass is 16.6. The Labute approximate surface area is 119 Å². The lowest BCUT2D eigenvalue weighted by Crippen LogP contribution is -2.31. The molecule has 0 amide bonds. The molecule has 2 rings (SSSR count). The maximum Gasteiger partial charge on any atom is 0.340 e. The zero-order valence-corrected chi connectivity index (χ0v) is 12.0. The number of rotatable bonds is 5. The van der Waals surface area contributed by atoms with Gasteiger partial charge in [-0.1, -0.05) is 0 Å². The molecule has 110 valence electrons. The highest BCUT2D eigenvalue weighted by molar-refractivity contribution is 5.76. The molecule has 0 N–H and O–H groups in total. The van der Waals surface area contributed by atoms with Crippen molar-refractivity contribution in [2.24, 2.45) is 0 Å². The van der Waals surface area contributed by atoms with Crippen molar-refractivity contribution in [2.45, 2.75) is 45.3 Å². The minimum atomic E-state index is -0.609. The Kier molecular flexibility index (Phi) is 5.49. The number of carbonyl (C=O) groups excluding carboxylic acids is 1. The molecule has 1 aromatic rings. The van der Waals surface area contributed by atoms with Gasteiger partial charge in [0.1, 0.15) is 5.75 Å². The largest absolute Gasteiger partial charge is 0.423 e. The highest BCUT2D eigenvalue weighted by Gasteiger charge is 2.20. The molecule has 5 nitrogen and oxygen atoms in total. The fourth-order valence-corrected chi connectivity index (χ4v) is 1.97. The quantitative estimate of drug-likeness (QED) is 0.774. The Balaban J connectivity index is 1.75. The second kappa shape index (κ2) is 7.36. The molecular formula is C15H21NO4. The van der Waals surface area contributed by atoms with Crippen LogP contribution in [0.15, 0.2) is 18.3 Å². The van der Waals surface area contributed by atoms with E-state index in [0.717, 1.165) is 31.6 Å². The van der Waals surface area contributed by atoms with E-state index in [4.69, 9.17) is 14.2 Å². The van der Waals surface area contributed by atoms with Crippen molar-refractivity contribution in [3.63, 3.8) is 0 Å². The SMILES string of the molecule is Cc1ccc(OC(=O)C(C)OCC2CCCCO2)cn1. The second-order valence-corrected chi connectivity index (χ2v) is 5.02. The first-order valence-corrected chi connectivity index (χ1v) is 7.02. The van der Waals surface area contributed by atoms with E-state index >= 15 is 0 Å². The molecular weight excluding hydrogens is 258 g/mol. The van der Waals surface area contributed by atoms with Gasteiger partial charge < -0.3 is 14.2 Å². The summed E-state index contributed by atoms with van der Waals surface area (Å²) < 4.78 is 16.3. The summed E-state index contributed by atoms with van der Waals surface area (Å²) in [6.07, 6.45) is 4.27. The maximum absolute atomic E-state index is 11.9. The lowest BCUT2D eigenvalue weighted by Gasteiger charge is -2.23. The molecule has 1 saturated heterocycles. The molecule has 2 heterocycles. The van der Waals surface area contributed by atoms with Gasteiger partial charge in [0.25, 0.3) is 0 Å². The molecule has 1 aromatic heterocycles. The van der Waals surface area contributed by atoms with Gasteiger partial charge in [-0.25, -0.2) is 4.79 Å². The van der Waals surface area contributed by atoms with E-state index in [2.05, 4.69) is 4.98 Å². The average molecular weight is 279 g/mol. The normalized spacial score (nSPS) is 20.4. The van der Waals surface area contributed by atoms with Gasteiger partial charge in [-0.2, -0.15) is 0 Å². The summed E-state index contributed by atoms with van der Waals surface area (Å²) in [5.74, 6) is 0.0245. The first-order chi connectivity index (χ1) is 9.65. The third-order valence-corrected chi connectivity index (χ3v) is 3.24. The lowest BCUT2D eigenvalue weighted by molar-refractivity contribution is -0.149. The Bertz CT molecular complexity index is 426. The van der Waals surface area contributed by atoms with Crippen LogP contribution in [0.2, 0.25) is 0 Å². The van der Waals surface area contributed by atoms with E-state index in [1.807, 2.05) is 6.92 Å². The zero-order chi connectivity index (χ0) is 14.4. The van der Waals surface area contributed by atoms with Gasteiger partial charge in [0.05, 0.1) is 18.9 Å².